The summed E-state index contributed by atoms with van der Waals surface area (Å²) in [6.07, 6.45) is -9.21. The van der Waals surface area contributed by atoms with Gasteiger partial charge >= 0.3 is 12.4 Å². The molecule has 1 aliphatic rings. The van der Waals surface area contributed by atoms with Gasteiger partial charge in [0, 0.05) is 24.0 Å². The van der Waals surface area contributed by atoms with Gasteiger partial charge in [-0.1, -0.05) is 12.1 Å². The normalized spacial score (nSPS) is 17.4. The minimum absolute atomic E-state index is 0.140. The fourth-order valence-corrected chi connectivity index (χ4v) is 6.11. The summed E-state index contributed by atoms with van der Waals surface area (Å²) in [7, 11) is -2.43. The van der Waals surface area contributed by atoms with Crippen molar-refractivity contribution in [3.8, 4) is 16.2 Å². The summed E-state index contributed by atoms with van der Waals surface area (Å²) in [5.41, 5.74) is -1.86. The molecule has 1 N–H and O–H groups in total. The molecule has 194 valence electrons. The highest BCUT2D eigenvalue weighted by molar-refractivity contribution is 7.94. The van der Waals surface area contributed by atoms with Crippen molar-refractivity contribution in [2.45, 2.75) is 29.1 Å². The minimum Gasteiger partial charge on any atom is -0.488 e. The Kier molecular flexibility index (Phi) is 7.01. The number of likely N-dealkylation sites (N-methyl/N-ethyl adjacent to an activating group) is 1. The molecule has 2 heterocycles. The second-order valence-electron chi connectivity index (χ2n) is 8.30. The number of hydrogen-bond acceptors (Lipinski definition) is 5. The standard InChI is InChI=1S/C23H20F6N2O3S2/c1-31-10-9-17(13-31)34-19-12-16(5-6-18(19)23(27,28)29)30-36(32,33)21-8-7-20(35-21)14-3-2-4-15(11-14)22(24,25)26/h2-8,11-12,17,30H,9-10,13H2,1H3/t17-/m1/s1. The van der Waals surface area contributed by atoms with Crippen LogP contribution in [0.2, 0.25) is 0 Å². The Hall–Kier alpha value is -2.77. The summed E-state index contributed by atoms with van der Waals surface area (Å²) >= 11 is 0.735. The van der Waals surface area contributed by atoms with E-state index in [2.05, 4.69) is 4.72 Å². The lowest BCUT2D eigenvalue weighted by atomic mass is 10.1. The number of nitrogens with one attached hydrogen (secondary N) is 1. The third-order valence-corrected chi connectivity index (χ3v) is 8.51. The van der Waals surface area contributed by atoms with Crippen LogP contribution >= 0.6 is 11.3 Å². The third kappa shape index (κ3) is 5.95. The summed E-state index contributed by atoms with van der Waals surface area (Å²) in [6, 6.07) is 9.76. The lowest BCUT2D eigenvalue weighted by Gasteiger charge is -2.19. The minimum atomic E-state index is -4.70. The summed E-state index contributed by atoms with van der Waals surface area (Å²) < 4.78 is 113. The topological polar surface area (TPSA) is 58.6 Å². The lowest BCUT2D eigenvalue weighted by molar-refractivity contribution is -0.139. The molecule has 36 heavy (non-hydrogen) atoms. The first-order valence-corrected chi connectivity index (χ1v) is 12.9. The van der Waals surface area contributed by atoms with Crippen LogP contribution in [0.1, 0.15) is 17.5 Å². The number of likely N-dealkylation sites (tertiary alicyclic amines) is 1. The molecule has 0 bridgehead atoms. The summed E-state index contributed by atoms with van der Waals surface area (Å²) in [5.74, 6) is -0.487. The largest absolute Gasteiger partial charge is 0.488 e. The first-order valence-electron chi connectivity index (χ1n) is 10.6. The average molecular weight is 551 g/mol. The second-order valence-corrected chi connectivity index (χ2v) is 11.3. The number of rotatable bonds is 6. The van der Waals surface area contributed by atoms with Gasteiger partial charge in [0.15, 0.2) is 0 Å². The number of ether oxygens (including phenoxy) is 1. The average Bonchev–Trinajstić information content (AvgIpc) is 3.42. The van der Waals surface area contributed by atoms with Gasteiger partial charge in [-0.2, -0.15) is 26.3 Å². The fourth-order valence-electron chi connectivity index (χ4n) is 3.76. The van der Waals surface area contributed by atoms with Gasteiger partial charge in [0.2, 0.25) is 0 Å². The number of thiophene rings is 1. The zero-order chi connectivity index (χ0) is 26.3. The molecular formula is C23H20F6N2O3S2. The quantitative estimate of drug-likeness (QED) is 0.364. The SMILES string of the molecule is CN1CC[C@@H](Oc2cc(NS(=O)(=O)c3ccc(-c4cccc(C(F)(F)F)c4)s3)ccc2C(F)(F)F)C1. The molecule has 0 aliphatic carbocycles. The highest BCUT2D eigenvalue weighted by atomic mass is 32.2. The van der Waals surface area contributed by atoms with Crippen LogP contribution < -0.4 is 9.46 Å². The molecule has 5 nitrogen and oxygen atoms in total. The Labute approximate surface area is 207 Å². The van der Waals surface area contributed by atoms with E-state index >= 15 is 0 Å². The maximum Gasteiger partial charge on any atom is 0.419 e. The van der Waals surface area contributed by atoms with Crippen LogP contribution in [0.25, 0.3) is 10.4 Å². The molecule has 1 aromatic heterocycles. The first-order chi connectivity index (χ1) is 16.7. The first kappa shape index (κ1) is 26.3. The summed E-state index contributed by atoms with van der Waals surface area (Å²) in [5, 5.41) is 0. The van der Waals surface area contributed by atoms with Gasteiger partial charge in [-0.05, 0) is 55.4 Å². The van der Waals surface area contributed by atoms with E-state index in [4.69, 9.17) is 4.74 Å². The van der Waals surface area contributed by atoms with Crippen LogP contribution in [-0.4, -0.2) is 39.6 Å². The number of halogens is 6. The van der Waals surface area contributed by atoms with E-state index in [0.29, 0.717) is 19.5 Å². The monoisotopic (exact) mass is 550 g/mol. The smallest absolute Gasteiger partial charge is 0.419 e. The third-order valence-electron chi connectivity index (χ3n) is 5.50. The molecule has 0 amide bonds. The molecule has 4 rings (SSSR count). The Balaban J connectivity index is 1.59. The molecule has 1 aliphatic heterocycles. The van der Waals surface area contributed by atoms with E-state index in [1.165, 1.54) is 24.3 Å². The van der Waals surface area contributed by atoms with Crippen molar-refractivity contribution in [1.29, 1.82) is 0 Å². The van der Waals surface area contributed by atoms with E-state index in [9.17, 15) is 34.8 Å². The van der Waals surface area contributed by atoms with Crippen molar-refractivity contribution in [2.24, 2.45) is 0 Å². The molecule has 1 fully saturated rings. The van der Waals surface area contributed by atoms with Crippen LogP contribution in [0.5, 0.6) is 5.75 Å². The molecule has 0 spiro atoms. The maximum atomic E-state index is 13.5. The fraction of sp³-hybridized carbons (Fsp3) is 0.304. The molecule has 0 saturated carbocycles. The van der Waals surface area contributed by atoms with E-state index in [-0.39, 0.29) is 20.3 Å². The van der Waals surface area contributed by atoms with Gasteiger partial charge in [0.05, 0.1) is 16.8 Å². The van der Waals surface area contributed by atoms with E-state index in [0.717, 1.165) is 41.7 Å². The highest BCUT2D eigenvalue weighted by Gasteiger charge is 2.36. The molecule has 0 radical (unpaired) electrons. The van der Waals surface area contributed by atoms with Crippen molar-refractivity contribution >= 4 is 27.0 Å². The second kappa shape index (κ2) is 9.60. The van der Waals surface area contributed by atoms with E-state index in [1.807, 2.05) is 11.9 Å². The van der Waals surface area contributed by atoms with Crippen LogP contribution in [0.15, 0.2) is 58.8 Å². The predicted octanol–water partition coefficient (Wildman–Crippen LogP) is 6.34. The van der Waals surface area contributed by atoms with E-state index in [1.54, 1.807) is 0 Å². The van der Waals surface area contributed by atoms with E-state index < -0.39 is 45.4 Å². The molecule has 0 unspecified atom stereocenters. The Morgan fingerprint density at radius 3 is 2.39 bits per heavy atom. The van der Waals surface area contributed by atoms with Crippen molar-refractivity contribution in [1.82, 2.24) is 4.90 Å². The zero-order valence-corrected chi connectivity index (χ0v) is 20.3. The molecule has 13 heteroatoms. The van der Waals surface area contributed by atoms with Gasteiger partial charge in [-0.3, -0.25) is 4.72 Å². The Morgan fingerprint density at radius 2 is 1.75 bits per heavy atom. The van der Waals surface area contributed by atoms with Gasteiger partial charge in [0.25, 0.3) is 10.0 Å². The Bertz CT molecular complexity index is 1350. The number of benzene rings is 2. The number of anilines is 1. The number of hydrogen-bond donors (Lipinski definition) is 1. The molecule has 1 atom stereocenters. The van der Waals surface area contributed by atoms with Gasteiger partial charge in [-0.25, -0.2) is 8.42 Å². The van der Waals surface area contributed by atoms with Crippen molar-refractivity contribution in [3.05, 3.63) is 65.7 Å². The molecule has 2 aromatic carbocycles. The van der Waals surface area contributed by atoms with Gasteiger partial charge < -0.3 is 9.64 Å². The van der Waals surface area contributed by atoms with Crippen molar-refractivity contribution in [2.75, 3.05) is 24.9 Å². The summed E-state index contributed by atoms with van der Waals surface area (Å²) in [6.45, 7) is 1.09. The van der Waals surface area contributed by atoms with Crippen LogP contribution in [0.3, 0.4) is 0 Å². The lowest BCUT2D eigenvalue weighted by Crippen LogP contribution is -2.23. The molecular weight excluding hydrogens is 530 g/mol. The Morgan fingerprint density at radius 1 is 1.00 bits per heavy atom. The van der Waals surface area contributed by atoms with Crippen molar-refractivity contribution < 1.29 is 39.5 Å². The maximum absolute atomic E-state index is 13.5. The van der Waals surface area contributed by atoms with Gasteiger partial charge in [0.1, 0.15) is 16.1 Å². The van der Waals surface area contributed by atoms with Crippen molar-refractivity contribution in [3.63, 3.8) is 0 Å². The van der Waals surface area contributed by atoms with Gasteiger partial charge in [-0.15, -0.1) is 11.3 Å². The zero-order valence-electron chi connectivity index (χ0n) is 18.7. The highest BCUT2D eigenvalue weighted by Crippen LogP contribution is 2.40. The predicted molar refractivity (Wildman–Crippen MR) is 124 cm³/mol. The number of alkyl halides is 6. The summed E-state index contributed by atoms with van der Waals surface area (Å²) in [4.78, 5) is 2.19. The van der Waals surface area contributed by atoms with Crippen LogP contribution in [-0.2, 0) is 22.4 Å². The van der Waals surface area contributed by atoms with Crippen LogP contribution in [0.4, 0.5) is 32.0 Å². The van der Waals surface area contributed by atoms with Crippen LogP contribution in [0, 0.1) is 0 Å². The number of sulfonamides is 1. The number of nitrogens with zero attached hydrogens (tertiary/aromatic N) is 1. The molecule has 3 aromatic rings. The molecule has 1 saturated heterocycles.